The average molecular weight is 153 g/mol. The molecule has 0 unspecified atom stereocenters. The third-order valence-electron chi connectivity index (χ3n) is 2.27. The molecule has 0 amide bonds. The van der Waals surface area contributed by atoms with Crippen LogP contribution in [0.1, 0.15) is 12.8 Å². The lowest BCUT2D eigenvalue weighted by Gasteiger charge is -2.16. The molecule has 1 aliphatic carbocycles. The molecule has 11 heavy (non-hydrogen) atoms. The number of nitrogens with one attached hydrogen (secondary N) is 1. The molecule has 60 valence electrons. The lowest BCUT2D eigenvalue weighted by Crippen LogP contribution is -2.25. The van der Waals surface area contributed by atoms with Crippen molar-refractivity contribution in [3.63, 3.8) is 0 Å². The van der Waals surface area contributed by atoms with E-state index in [0.717, 1.165) is 13.0 Å². The first-order chi connectivity index (χ1) is 5.27. The summed E-state index contributed by atoms with van der Waals surface area (Å²) in [7, 11) is 0. The van der Waals surface area contributed by atoms with E-state index in [4.69, 9.17) is 10.2 Å². The Labute approximate surface area is 65.0 Å². The van der Waals surface area contributed by atoms with Gasteiger partial charge in [-0.3, -0.25) is 0 Å². The fourth-order valence-electron chi connectivity index (χ4n) is 1.63. The maximum atomic E-state index is 9.17. The maximum Gasteiger partial charge on any atom is 0.153 e. The summed E-state index contributed by atoms with van der Waals surface area (Å²) in [4.78, 5) is 0. The van der Waals surface area contributed by atoms with Crippen molar-refractivity contribution < 1.29 is 10.2 Å². The van der Waals surface area contributed by atoms with E-state index in [9.17, 15) is 0 Å². The van der Waals surface area contributed by atoms with Gasteiger partial charge in [0, 0.05) is 12.5 Å². The van der Waals surface area contributed by atoms with Crippen LogP contribution in [0.25, 0.3) is 0 Å². The Bertz CT molecular complexity index is 242. The summed E-state index contributed by atoms with van der Waals surface area (Å²) in [5.74, 6) is 0.146. The minimum Gasteiger partial charge on any atom is -0.508 e. The Kier molecular flexibility index (Phi) is 1.39. The molecule has 0 bridgehead atoms. The summed E-state index contributed by atoms with van der Waals surface area (Å²) in [6.07, 6.45) is 3.20. The van der Waals surface area contributed by atoms with Crippen molar-refractivity contribution in [1.82, 2.24) is 5.32 Å². The van der Waals surface area contributed by atoms with Gasteiger partial charge in [0.25, 0.3) is 0 Å². The van der Waals surface area contributed by atoms with Crippen LogP contribution in [0.3, 0.4) is 0 Å². The third kappa shape index (κ3) is 1.01. The van der Waals surface area contributed by atoms with E-state index in [1.807, 2.05) is 0 Å². The van der Waals surface area contributed by atoms with E-state index in [2.05, 4.69) is 5.32 Å². The van der Waals surface area contributed by atoms with Gasteiger partial charge >= 0.3 is 0 Å². The van der Waals surface area contributed by atoms with Crippen LogP contribution in [-0.4, -0.2) is 22.8 Å². The van der Waals surface area contributed by atoms with Crippen LogP contribution in [0.2, 0.25) is 0 Å². The zero-order chi connectivity index (χ0) is 7.84. The van der Waals surface area contributed by atoms with Gasteiger partial charge in [0.05, 0.1) is 0 Å². The molecule has 0 radical (unpaired) electrons. The van der Waals surface area contributed by atoms with Gasteiger partial charge in [-0.05, 0) is 24.6 Å². The van der Waals surface area contributed by atoms with Crippen LogP contribution in [0.5, 0.6) is 0 Å². The van der Waals surface area contributed by atoms with Gasteiger partial charge in [-0.25, -0.2) is 0 Å². The average Bonchev–Trinajstić information content (AvgIpc) is 2.36. The van der Waals surface area contributed by atoms with E-state index in [1.165, 1.54) is 5.57 Å². The first kappa shape index (κ1) is 6.73. The van der Waals surface area contributed by atoms with Crippen molar-refractivity contribution in [2.45, 2.75) is 18.9 Å². The first-order valence-electron chi connectivity index (χ1n) is 3.82. The molecule has 3 nitrogen and oxygen atoms in total. The number of aliphatic hydroxyl groups excluding tert-OH is 2. The third-order valence-corrected chi connectivity index (χ3v) is 2.27. The molecule has 1 fully saturated rings. The standard InChI is InChI=1S/C8H11NO2/c10-7-3-5-1-2-9-6(5)4-8(7)11/h3,6,9-11H,1-2,4H2/t6-/m0/s1. The molecule has 0 aromatic heterocycles. The van der Waals surface area contributed by atoms with Crippen LogP contribution in [0.15, 0.2) is 23.2 Å². The van der Waals surface area contributed by atoms with Crippen molar-refractivity contribution in [2.24, 2.45) is 0 Å². The molecule has 3 N–H and O–H groups in total. The Hall–Kier alpha value is -0.960. The Morgan fingerprint density at radius 3 is 3.09 bits per heavy atom. The lowest BCUT2D eigenvalue weighted by atomic mass is 9.98. The van der Waals surface area contributed by atoms with Gasteiger partial charge in [-0.15, -0.1) is 0 Å². The molecule has 0 saturated carbocycles. The van der Waals surface area contributed by atoms with Crippen LogP contribution < -0.4 is 5.32 Å². The van der Waals surface area contributed by atoms with Crippen molar-refractivity contribution in [2.75, 3.05) is 6.54 Å². The summed E-state index contributed by atoms with van der Waals surface area (Å²) >= 11 is 0. The van der Waals surface area contributed by atoms with Crippen LogP contribution in [0.4, 0.5) is 0 Å². The van der Waals surface area contributed by atoms with Gasteiger partial charge in [0.1, 0.15) is 5.76 Å². The second-order valence-corrected chi connectivity index (χ2v) is 3.01. The minimum absolute atomic E-state index is 0.0416. The maximum absolute atomic E-state index is 9.17. The predicted octanol–water partition coefficient (Wildman–Crippen LogP) is 1.01. The molecule has 0 spiro atoms. The molecular formula is C8H11NO2. The van der Waals surface area contributed by atoms with E-state index in [-0.39, 0.29) is 17.6 Å². The second-order valence-electron chi connectivity index (χ2n) is 3.01. The topological polar surface area (TPSA) is 52.5 Å². The van der Waals surface area contributed by atoms with Gasteiger partial charge < -0.3 is 15.5 Å². The van der Waals surface area contributed by atoms with E-state index in [1.54, 1.807) is 6.08 Å². The highest BCUT2D eigenvalue weighted by Crippen LogP contribution is 2.26. The quantitative estimate of drug-likeness (QED) is 0.486. The van der Waals surface area contributed by atoms with Crippen molar-refractivity contribution in [3.05, 3.63) is 23.2 Å². The predicted molar refractivity (Wildman–Crippen MR) is 41.4 cm³/mol. The first-order valence-corrected chi connectivity index (χ1v) is 3.82. The largest absolute Gasteiger partial charge is 0.508 e. The smallest absolute Gasteiger partial charge is 0.153 e. The number of hydrogen-bond acceptors (Lipinski definition) is 3. The normalized spacial score (nSPS) is 30.2. The van der Waals surface area contributed by atoms with Crippen LogP contribution in [-0.2, 0) is 0 Å². The Morgan fingerprint density at radius 1 is 1.45 bits per heavy atom. The van der Waals surface area contributed by atoms with Gasteiger partial charge in [0.2, 0.25) is 0 Å². The fraction of sp³-hybridized carbons (Fsp3) is 0.500. The highest BCUT2D eigenvalue weighted by atomic mass is 16.3. The molecule has 1 saturated heterocycles. The fourth-order valence-corrected chi connectivity index (χ4v) is 1.63. The summed E-state index contributed by atoms with van der Waals surface area (Å²) in [5.41, 5.74) is 1.21. The number of fused-ring (bicyclic) bond motifs is 1. The van der Waals surface area contributed by atoms with Crippen molar-refractivity contribution >= 4 is 0 Å². The monoisotopic (exact) mass is 153 g/mol. The molecule has 2 rings (SSSR count). The number of rotatable bonds is 0. The van der Waals surface area contributed by atoms with Crippen molar-refractivity contribution in [3.8, 4) is 0 Å². The molecule has 2 aliphatic rings. The highest BCUT2D eigenvalue weighted by molar-refractivity contribution is 5.32. The van der Waals surface area contributed by atoms with E-state index >= 15 is 0 Å². The van der Waals surface area contributed by atoms with E-state index < -0.39 is 0 Å². The van der Waals surface area contributed by atoms with Gasteiger partial charge in [-0.1, -0.05) is 0 Å². The highest BCUT2D eigenvalue weighted by Gasteiger charge is 2.26. The molecular weight excluding hydrogens is 142 g/mol. The molecule has 0 aromatic carbocycles. The number of aliphatic hydroxyl groups is 2. The summed E-state index contributed by atoms with van der Waals surface area (Å²) in [6.45, 7) is 0.955. The Morgan fingerprint density at radius 2 is 2.27 bits per heavy atom. The second kappa shape index (κ2) is 2.27. The molecule has 1 atom stereocenters. The number of hydrogen-bond donors (Lipinski definition) is 3. The molecule has 3 heteroatoms. The number of allylic oxidation sites excluding steroid dienone is 1. The van der Waals surface area contributed by atoms with Crippen LogP contribution in [0, 0.1) is 0 Å². The van der Waals surface area contributed by atoms with Crippen LogP contribution >= 0.6 is 0 Å². The lowest BCUT2D eigenvalue weighted by molar-refractivity contribution is 0.308. The SMILES string of the molecule is OC1=C(O)C[C@@H]2NCCC2=C1. The van der Waals surface area contributed by atoms with Gasteiger partial charge in [-0.2, -0.15) is 0 Å². The Balaban J connectivity index is 2.29. The minimum atomic E-state index is 0.0416. The summed E-state index contributed by atoms with van der Waals surface area (Å²) in [6, 6.07) is 0.269. The summed E-state index contributed by atoms with van der Waals surface area (Å²) in [5, 5.41) is 21.6. The molecule has 1 aliphatic heterocycles. The zero-order valence-corrected chi connectivity index (χ0v) is 6.17. The van der Waals surface area contributed by atoms with E-state index in [0.29, 0.717) is 6.42 Å². The zero-order valence-electron chi connectivity index (χ0n) is 6.17. The molecule has 1 heterocycles. The van der Waals surface area contributed by atoms with Gasteiger partial charge in [0.15, 0.2) is 5.76 Å². The van der Waals surface area contributed by atoms with Crippen molar-refractivity contribution in [1.29, 1.82) is 0 Å². The molecule has 0 aromatic rings. The summed E-state index contributed by atoms with van der Waals surface area (Å²) < 4.78 is 0.